The fourth-order valence-electron chi connectivity index (χ4n) is 2.55. The van der Waals surface area contributed by atoms with Gasteiger partial charge in [0.1, 0.15) is 11.4 Å². The fourth-order valence-corrected chi connectivity index (χ4v) is 2.55. The Balaban J connectivity index is 0.00000127. The van der Waals surface area contributed by atoms with Gasteiger partial charge in [-0.15, -0.1) is 0 Å². The minimum absolute atomic E-state index is 0.123. The normalized spacial score (nSPS) is 16.9. The van der Waals surface area contributed by atoms with Gasteiger partial charge in [-0.3, -0.25) is 0 Å². The monoisotopic (exact) mass is 328 g/mol. The highest BCUT2D eigenvalue weighted by atomic mass is 19.3. The summed E-state index contributed by atoms with van der Waals surface area (Å²) in [7, 11) is 1.31. The van der Waals surface area contributed by atoms with E-state index >= 15 is 0 Å². The van der Waals surface area contributed by atoms with Gasteiger partial charge >= 0.3 is 5.97 Å². The predicted octanol–water partition coefficient (Wildman–Crippen LogP) is 4.14. The Hall–Kier alpha value is -1.72. The van der Waals surface area contributed by atoms with E-state index in [1.54, 1.807) is 11.1 Å². The maximum absolute atomic E-state index is 13.5. The van der Waals surface area contributed by atoms with E-state index in [0.717, 1.165) is 11.1 Å². The summed E-state index contributed by atoms with van der Waals surface area (Å²) in [4.78, 5) is 18.1. The number of nitrogens with zero attached hydrogens (tertiary/aromatic N) is 2. The maximum atomic E-state index is 13.5. The molecule has 0 bridgehead atoms. The van der Waals surface area contributed by atoms with Gasteiger partial charge in [0, 0.05) is 32.1 Å². The molecule has 2 rings (SSSR count). The maximum Gasteiger partial charge on any atom is 0.341 e. The molecule has 0 aliphatic carbocycles. The van der Waals surface area contributed by atoms with Crippen molar-refractivity contribution in [3.63, 3.8) is 0 Å². The highest BCUT2D eigenvalue weighted by molar-refractivity contribution is 5.96. The first kappa shape index (κ1) is 19.3. The molecule has 6 heteroatoms. The third-order valence-electron chi connectivity index (χ3n) is 3.98. The number of esters is 1. The van der Waals surface area contributed by atoms with Crippen molar-refractivity contribution in [1.29, 1.82) is 0 Å². The zero-order chi connectivity index (χ0) is 17.6. The van der Waals surface area contributed by atoms with E-state index in [-0.39, 0.29) is 19.4 Å². The van der Waals surface area contributed by atoms with E-state index in [2.05, 4.69) is 4.98 Å². The lowest BCUT2D eigenvalue weighted by molar-refractivity contribution is -0.0102. The molecule has 1 aromatic rings. The van der Waals surface area contributed by atoms with E-state index in [0.29, 0.717) is 24.3 Å². The van der Waals surface area contributed by atoms with Crippen LogP contribution in [-0.2, 0) is 4.74 Å². The van der Waals surface area contributed by atoms with E-state index in [1.165, 1.54) is 7.11 Å². The molecule has 1 aromatic heterocycles. The molecule has 0 unspecified atom stereocenters. The molecule has 1 aliphatic rings. The van der Waals surface area contributed by atoms with Crippen molar-refractivity contribution in [3.8, 4) is 0 Å². The smallest absolute Gasteiger partial charge is 0.341 e. The topological polar surface area (TPSA) is 42.4 Å². The molecule has 1 saturated heterocycles. The molecule has 1 fully saturated rings. The number of hydrogen-bond donors (Lipinski definition) is 0. The molecule has 23 heavy (non-hydrogen) atoms. The Morgan fingerprint density at radius 1 is 1.26 bits per heavy atom. The van der Waals surface area contributed by atoms with Gasteiger partial charge in [0.2, 0.25) is 5.92 Å². The second-order valence-electron chi connectivity index (χ2n) is 5.45. The number of alkyl halides is 2. The van der Waals surface area contributed by atoms with E-state index in [4.69, 9.17) is 4.74 Å². The van der Waals surface area contributed by atoms with Gasteiger partial charge in [-0.25, -0.2) is 18.6 Å². The molecule has 0 spiro atoms. The molecule has 0 radical (unpaired) electrons. The van der Waals surface area contributed by atoms with Crippen molar-refractivity contribution in [3.05, 3.63) is 22.9 Å². The number of anilines is 1. The minimum Gasteiger partial charge on any atom is -0.465 e. The van der Waals surface area contributed by atoms with Gasteiger partial charge in [0.25, 0.3) is 0 Å². The van der Waals surface area contributed by atoms with Crippen LogP contribution in [0.5, 0.6) is 0 Å². The molecule has 0 saturated carbocycles. The van der Waals surface area contributed by atoms with Crippen molar-refractivity contribution in [2.24, 2.45) is 0 Å². The Morgan fingerprint density at radius 3 is 2.52 bits per heavy atom. The number of hydrogen-bond acceptors (Lipinski definition) is 4. The second-order valence-corrected chi connectivity index (χ2v) is 5.45. The van der Waals surface area contributed by atoms with E-state index < -0.39 is 11.9 Å². The van der Waals surface area contributed by atoms with Crippen LogP contribution in [0, 0.1) is 13.8 Å². The summed E-state index contributed by atoms with van der Waals surface area (Å²) in [5.41, 5.74) is 2.03. The summed E-state index contributed by atoms with van der Waals surface area (Å²) < 4.78 is 31.8. The number of methoxy groups -OCH3 is 1. The van der Waals surface area contributed by atoms with Gasteiger partial charge in [-0.05, 0) is 31.4 Å². The Kier molecular flexibility index (Phi) is 6.91. The predicted molar refractivity (Wildman–Crippen MR) is 87.4 cm³/mol. The van der Waals surface area contributed by atoms with Crippen molar-refractivity contribution in [2.45, 2.75) is 52.9 Å². The third-order valence-corrected chi connectivity index (χ3v) is 3.98. The molecule has 0 atom stereocenters. The third kappa shape index (κ3) is 4.62. The lowest BCUT2D eigenvalue weighted by Crippen LogP contribution is -2.29. The van der Waals surface area contributed by atoms with Crippen LogP contribution < -0.4 is 4.90 Å². The molecule has 0 amide bonds. The van der Waals surface area contributed by atoms with Gasteiger partial charge in [0.15, 0.2) is 0 Å². The average molecular weight is 328 g/mol. The van der Waals surface area contributed by atoms with Crippen LogP contribution in [0.2, 0.25) is 0 Å². The molecular weight excluding hydrogens is 302 g/mol. The number of ether oxygens (including phenoxy) is 1. The summed E-state index contributed by atoms with van der Waals surface area (Å²) in [6.45, 7) is 8.33. The summed E-state index contributed by atoms with van der Waals surface area (Å²) in [6.07, 6.45) is 1.70. The average Bonchev–Trinajstić information content (AvgIpc) is 2.72. The van der Waals surface area contributed by atoms with Crippen molar-refractivity contribution in [1.82, 2.24) is 4.98 Å². The van der Waals surface area contributed by atoms with Gasteiger partial charge in [-0.2, -0.15) is 0 Å². The summed E-state index contributed by atoms with van der Waals surface area (Å²) in [6, 6.07) is 0. The van der Waals surface area contributed by atoms with Gasteiger partial charge < -0.3 is 9.64 Å². The summed E-state index contributed by atoms with van der Waals surface area (Å²) in [5, 5.41) is 0. The number of carbonyl (C=O) groups excluding carboxylic acids is 1. The Morgan fingerprint density at radius 2 is 1.91 bits per heavy atom. The standard InChI is InChI=1S/C15H20F2N2O2.C2H6/c1-10-9-18-13(12(11(10)2)14(20)21-3)19-7-4-5-15(16,17)6-8-19;1-2/h9H,4-8H2,1-3H3;1-2H3. The zero-order valence-electron chi connectivity index (χ0n) is 14.6. The largest absolute Gasteiger partial charge is 0.465 e. The van der Waals surface area contributed by atoms with E-state index in [9.17, 15) is 13.6 Å². The number of carbonyl (C=O) groups is 1. The van der Waals surface area contributed by atoms with Crippen LogP contribution >= 0.6 is 0 Å². The number of halogens is 2. The fraction of sp³-hybridized carbons (Fsp3) is 0.647. The molecule has 1 aliphatic heterocycles. The van der Waals surface area contributed by atoms with Crippen LogP contribution in [0.4, 0.5) is 14.6 Å². The van der Waals surface area contributed by atoms with Crippen LogP contribution in [0.15, 0.2) is 6.20 Å². The molecule has 2 heterocycles. The van der Waals surface area contributed by atoms with Crippen LogP contribution in [0.1, 0.15) is 54.6 Å². The Bertz CT molecular complexity index is 548. The summed E-state index contributed by atoms with van der Waals surface area (Å²) in [5.74, 6) is -2.67. The number of rotatable bonds is 2. The molecular formula is C17H26F2N2O2. The van der Waals surface area contributed by atoms with Crippen molar-refractivity contribution >= 4 is 11.8 Å². The highest BCUT2D eigenvalue weighted by Gasteiger charge is 2.33. The lowest BCUT2D eigenvalue weighted by atomic mass is 10.1. The van der Waals surface area contributed by atoms with Crippen molar-refractivity contribution in [2.75, 3.05) is 25.1 Å². The first-order valence-electron chi connectivity index (χ1n) is 8.03. The Labute approximate surface area is 136 Å². The number of aryl methyl sites for hydroxylation is 1. The first-order chi connectivity index (χ1) is 10.9. The molecule has 0 aromatic carbocycles. The summed E-state index contributed by atoms with van der Waals surface area (Å²) >= 11 is 0. The SMILES string of the molecule is CC.COC(=O)c1c(N2CCCC(F)(F)CC2)ncc(C)c1C. The second kappa shape index (κ2) is 8.22. The molecule has 130 valence electrons. The molecule has 0 N–H and O–H groups in total. The van der Waals surface area contributed by atoms with E-state index in [1.807, 2.05) is 27.7 Å². The number of pyridine rings is 1. The van der Waals surface area contributed by atoms with Crippen LogP contribution in [0.3, 0.4) is 0 Å². The minimum atomic E-state index is -2.64. The van der Waals surface area contributed by atoms with Crippen LogP contribution in [0.25, 0.3) is 0 Å². The van der Waals surface area contributed by atoms with Crippen molar-refractivity contribution < 1.29 is 18.3 Å². The first-order valence-corrected chi connectivity index (χ1v) is 8.03. The highest BCUT2D eigenvalue weighted by Crippen LogP contribution is 2.31. The van der Waals surface area contributed by atoms with Gasteiger partial charge in [-0.1, -0.05) is 13.8 Å². The van der Waals surface area contributed by atoms with Gasteiger partial charge in [0.05, 0.1) is 7.11 Å². The lowest BCUT2D eigenvalue weighted by Gasteiger charge is -2.24. The van der Waals surface area contributed by atoms with Crippen LogP contribution in [-0.4, -0.2) is 37.1 Å². The zero-order valence-corrected chi connectivity index (χ0v) is 14.6. The quantitative estimate of drug-likeness (QED) is 0.765. The number of aromatic nitrogens is 1. The molecule has 4 nitrogen and oxygen atoms in total.